The quantitative estimate of drug-likeness (QED) is 0.860. The first kappa shape index (κ1) is 14.8. The maximum absolute atomic E-state index is 12.4. The Kier molecular flexibility index (Phi) is 3.74. The van der Waals surface area contributed by atoms with Crippen LogP contribution in [0.15, 0.2) is 53.4 Å². The molecule has 0 aromatic heterocycles. The smallest absolute Gasteiger partial charge is 0.262 e. The fourth-order valence-corrected chi connectivity index (χ4v) is 3.66. The SMILES string of the molecule is Cc1ccccc1S(=O)(=O)Nc1ccc(C(=O)C2CC2)cc1. The van der Waals surface area contributed by atoms with Gasteiger partial charge in [-0.1, -0.05) is 18.2 Å². The number of sulfonamides is 1. The number of nitrogens with one attached hydrogen (secondary N) is 1. The monoisotopic (exact) mass is 315 g/mol. The summed E-state index contributed by atoms with van der Waals surface area (Å²) >= 11 is 0. The average Bonchev–Trinajstić information content (AvgIpc) is 3.32. The van der Waals surface area contributed by atoms with Crippen LogP contribution in [0.1, 0.15) is 28.8 Å². The third kappa shape index (κ3) is 3.04. The van der Waals surface area contributed by atoms with E-state index in [4.69, 9.17) is 0 Å². The molecule has 0 atom stereocenters. The van der Waals surface area contributed by atoms with E-state index >= 15 is 0 Å². The lowest BCUT2D eigenvalue weighted by Crippen LogP contribution is -2.14. The maximum Gasteiger partial charge on any atom is 0.262 e. The van der Waals surface area contributed by atoms with Crippen molar-refractivity contribution in [2.75, 3.05) is 4.72 Å². The lowest BCUT2D eigenvalue weighted by molar-refractivity contribution is 0.0967. The summed E-state index contributed by atoms with van der Waals surface area (Å²) in [5.74, 6) is 0.308. The van der Waals surface area contributed by atoms with Gasteiger partial charge in [0.15, 0.2) is 5.78 Å². The molecule has 5 heteroatoms. The van der Waals surface area contributed by atoms with Crippen molar-refractivity contribution in [1.29, 1.82) is 0 Å². The molecule has 0 bridgehead atoms. The molecule has 0 aliphatic heterocycles. The number of benzene rings is 2. The molecule has 0 unspecified atom stereocenters. The maximum atomic E-state index is 12.4. The Hall–Kier alpha value is -2.14. The molecule has 1 aliphatic carbocycles. The van der Waals surface area contributed by atoms with E-state index in [0.717, 1.165) is 12.8 Å². The zero-order chi connectivity index (χ0) is 15.7. The second kappa shape index (κ2) is 5.57. The molecule has 0 heterocycles. The number of carbonyl (C=O) groups is 1. The molecule has 0 radical (unpaired) electrons. The van der Waals surface area contributed by atoms with Gasteiger partial charge in [0.25, 0.3) is 10.0 Å². The minimum Gasteiger partial charge on any atom is -0.294 e. The lowest BCUT2D eigenvalue weighted by Gasteiger charge is -2.10. The van der Waals surface area contributed by atoms with Crippen molar-refractivity contribution in [2.24, 2.45) is 5.92 Å². The Bertz CT molecular complexity index is 806. The van der Waals surface area contributed by atoms with Crippen LogP contribution in [-0.4, -0.2) is 14.2 Å². The zero-order valence-electron chi connectivity index (χ0n) is 12.2. The highest BCUT2D eigenvalue weighted by atomic mass is 32.2. The molecular weight excluding hydrogens is 298 g/mol. The van der Waals surface area contributed by atoms with Gasteiger partial charge in [-0.3, -0.25) is 9.52 Å². The predicted molar refractivity (Wildman–Crippen MR) is 85.5 cm³/mol. The van der Waals surface area contributed by atoms with Crippen molar-refractivity contribution < 1.29 is 13.2 Å². The number of Topliss-reactive ketones (excluding diaryl/α,β-unsaturated/α-hetero) is 1. The van der Waals surface area contributed by atoms with E-state index in [1.54, 1.807) is 55.5 Å². The molecule has 1 saturated carbocycles. The van der Waals surface area contributed by atoms with Crippen LogP contribution in [-0.2, 0) is 10.0 Å². The molecule has 3 rings (SSSR count). The number of ketones is 1. The first-order valence-electron chi connectivity index (χ1n) is 7.20. The number of hydrogen-bond acceptors (Lipinski definition) is 3. The minimum atomic E-state index is -3.62. The first-order valence-corrected chi connectivity index (χ1v) is 8.68. The normalized spacial score (nSPS) is 14.6. The summed E-state index contributed by atoms with van der Waals surface area (Å²) in [6.45, 7) is 1.76. The Labute approximate surface area is 130 Å². The van der Waals surface area contributed by atoms with E-state index in [1.807, 2.05) is 0 Å². The third-order valence-corrected chi connectivity index (χ3v) is 5.29. The molecule has 2 aromatic carbocycles. The van der Waals surface area contributed by atoms with Gasteiger partial charge in [-0.2, -0.15) is 0 Å². The van der Waals surface area contributed by atoms with Crippen LogP contribution in [0.4, 0.5) is 5.69 Å². The van der Waals surface area contributed by atoms with E-state index in [0.29, 0.717) is 16.8 Å². The molecule has 0 saturated heterocycles. The van der Waals surface area contributed by atoms with Crippen LogP contribution < -0.4 is 4.72 Å². The lowest BCUT2D eigenvalue weighted by atomic mass is 10.1. The van der Waals surface area contributed by atoms with Gasteiger partial charge in [-0.15, -0.1) is 0 Å². The summed E-state index contributed by atoms with van der Waals surface area (Å²) in [4.78, 5) is 12.2. The third-order valence-electron chi connectivity index (χ3n) is 3.75. The minimum absolute atomic E-state index is 0.147. The highest BCUT2D eigenvalue weighted by Gasteiger charge is 2.30. The van der Waals surface area contributed by atoms with Gasteiger partial charge in [-0.05, 0) is 55.7 Å². The van der Waals surface area contributed by atoms with E-state index < -0.39 is 10.0 Å². The number of rotatable bonds is 5. The highest BCUT2D eigenvalue weighted by molar-refractivity contribution is 7.92. The zero-order valence-corrected chi connectivity index (χ0v) is 13.1. The number of aryl methyl sites for hydroxylation is 1. The van der Waals surface area contributed by atoms with Crippen LogP contribution in [0.2, 0.25) is 0 Å². The fraction of sp³-hybridized carbons (Fsp3) is 0.235. The van der Waals surface area contributed by atoms with Gasteiger partial charge in [0, 0.05) is 17.2 Å². The standard InChI is InChI=1S/C17H17NO3S/c1-12-4-2-3-5-16(12)22(20,21)18-15-10-8-14(9-11-15)17(19)13-6-7-13/h2-5,8-11,13,18H,6-7H2,1H3. The second-order valence-electron chi connectivity index (χ2n) is 5.59. The topological polar surface area (TPSA) is 63.2 Å². The summed E-state index contributed by atoms with van der Waals surface area (Å²) in [6.07, 6.45) is 1.92. The molecule has 1 fully saturated rings. The van der Waals surface area contributed by atoms with Crippen molar-refractivity contribution in [3.8, 4) is 0 Å². The van der Waals surface area contributed by atoms with Crippen LogP contribution in [0.3, 0.4) is 0 Å². The molecule has 4 nitrogen and oxygen atoms in total. The molecular formula is C17H17NO3S. The average molecular weight is 315 g/mol. The summed E-state index contributed by atoms with van der Waals surface area (Å²) in [6, 6.07) is 13.4. The highest BCUT2D eigenvalue weighted by Crippen LogP contribution is 2.32. The largest absolute Gasteiger partial charge is 0.294 e. The van der Waals surface area contributed by atoms with Gasteiger partial charge >= 0.3 is 0 Å². The van der Waals surface area contributed by atoms with Crippen LogP contribution in [0, 0.1) is 12.8 Å². The summed E-state index contributed by atoms with van der Waals surface area (Å²) < 4.78 is 27.3. The van der Waals surface area contributed by atoms with Gasteiger partial charge in [0.2, 0.25) is 0 Å². The second-order valence-corrected chi connectivity index (χ2v) is 7.24. The van der Waals surface area contributed by atoms with Crippen molar-refractivity contribution in [3.05, 3.63) is 59.7 Å². The molecule has 0 spiro atoms. The van der Waals surface area contributed by atoms with E-state index in [9.17, 15) is 13.2 Å². The van der Waals surface area contributed by atoms with Crippen LogP contribution in [0.25, 0.3) is 0 Å². The van der Waals surface area contributed by atoms with Crippen LogP contribution >= 0.6 is 0 Å². The Morgan fingerprint density at radius 3 is 2.27 bits per heavy atom. The summed E-state index contributed by atoms with van der Waals surface area (Å²) in [7, 11) is -3.62. The molecule has 0 amide bonds. The van der Waals surface area contributed by atoms with Gasteiger partial charge < -0.3 is 0 Å². The van der Waals surface area contributed by atoms with Gasteiger partial charge in [0.1, 0.15) is 0 Å². The molecule has 114 valence electrons. The first-order chi connectivity index (χ1) is 10.5. The molecule has 1 N–H and O–H groups in total. The van der Waals surface area contributed by atoms with Crippen molar-refractivity contribution >= 4 is 21.5 Å². The number of anilines is 1. The Balaban J connectivity index is 1.80. The Morgan fingerprint density at radius 2 is 1.68 bits per heavy atom. The molecule has 1 aliphatic rings. The molecule has 22 heavy (non-hydrogen) atoms. The predicted octanol–water partition coefficient (Wildman–Crippen LogP) is 3.39. The number of carbonyl (C=O) groups excluding carboxylic acids is 1. The van der Waals surface area contributed by atoms with Gasteiger partial charge in [-0.25, -0.2) is 8.42 Å². The van der Waals surface area contributed by atoms with Crippen molar-refractivity contribution in [1.82, 2.24) is 0 Å². The summed E-state index contributed by atoms with van der Waals surface area (Å²) in [5, 5.41) is 0. The van der Waals surface area contributed by atoms with E-state index in [2.05, 4.69) is 4.72 Å². The molecule has 2 aromatic rings. The fourth-order valence-electron chi connectivity index (χ4n) is 2.35. The summed E-state index contributed by atoms with van der Waals surface area (Å²) in [5.41, 5.74) is 1.78. The van der Waals surface area contributed by atoms with E-state index in [-0.39, 0.29) is 16.6 Å². The number of hydrogen-bond donors (Lipinski definition) is 1. The van der Waals surface area contributed by atoms with Crippen molar-refractivity contribution in [2.45, 2.75) is 24.7 Å². The van der Waals surface area contributed by atoms with Crippen LogP contribution in [0.5, 0.6) is 0 Å². The van der Waals surface area contributed by atoms with Gasteiger partial charge in [0.05, 0.1) is 4.90 Å². The van der Waals surface area contributed by atoms with Crippen molar-refractivity contribution in [3.63, 3.8) is 0 Å². The van der Waals surface area contributed by atoms with E-state index in [1.165, 1.54) is 0 Å². The Morgan fingerprint density at radius 1 is 1.05 bits per heavy atom.